The van der Waals surface area contributed by atoms with Crippen LogP contribution in [0.2, 0.25) is 0 Å². The van der Waals surface area contributed by atoms with Crippen LogP contribution in [0.4, 0.5) is 0 Å². The number of hydrogen-bond acceptors (Lipinski definition) is 4. The van der Waals surface area contributed by atoms with Crippen molar-refractivity contribution < 1.29 is 5.11 Å². The molecular formula is C46H95NOS2. The third-order valence-corrected chi connectivity index (χ3v) is 13.8. The van der Waals surface area contributed by atoms with Crippen LogP contribution in [-0.4, -0.2) is 47.8 Å². The molecule has 0 aliphatic carbocycles. The molecular weight excluding hydrogens is 647 g/mol. The van der Waals surface area contributed by atoms with E-state index in [0.29, 0.717) is 6.61 Å². The Morgan fingerprint density at radius 1 is 0.380 bits per heavy atom. The number of aliphatic hydroxyl groups is 1. The van der Waals surface area contributed by atoms with Gasteiger partial charge in [-0.3, -0.25) is 0 Å². The van der Waals surface area contributed by atoms with E-state index in [9.17, 15) is 5.11 Å². The van der Waals surface area contributed by atoms with E-state index in [2.05, 4.69) is 54.2 Å². The largest absolute Gasteiger partial charge is 0.395 e. The van der Waals surface area contributed by atoms with Gasteiger partial charge in [0.2, 0.25) is 0 Å². The van der Waals surface area contributed by atoms with Crippen LogP contribution in [0.1, 0.15) is 246 Å². The van der Waals surface area contributed by atoms with Crippen molar-refractivity contribution in [2.75, 3.05) is 37.7 Å². The standard InChI is InChI=1S/C46H95NOS2/c1-5-8-11-14-17-25-32-43-49-50-44-33-26-19-24-31-40-47(41-42-48)39-30-23-18-20-27-34-45(4)37-38-46(35-28-21-15-12-9-6-2)36-29-22-16-13-10-7-3/h45-46,48H,5-44H2,1-4H3. The first-order valence-electron chi connectivity index (χ1n) is 23.2. The van der Waals surface area contributed by atoms with Crippen molar-refractivity contribution in [2.24, 2.45) is 11.8 Å². The molecule has 1 atom stereocenters. The summed E-state index contributed by atoms with van der Waals surface area (Å²) in [7, 11) is 4.22. The van der Waals surface area contributed by atoms with Crippen molar-refractivity contribution in [1.82, 2.24) is 4.90 Å². The highest BCUT2D eigenvalue weighted by Gasteiger charge is 2.12. The third kappa shape index (κ3) is 39.8. The maximum absolute atomic E-state index is 9.59. The van der Waals surface area contributed by atoms with Crippen molar-refractivity contribution in [3.8, 4) is 0 Å². The van der Waals surface area contributed by atoms with Gasteiger partial charge in [0, 0.05) is 18.1 Å². The highest BCUT2D eigenvalue weighted by molar-refractivity contribution is 8.76. The third-order valence-electron chi connectivity index (χ3n) is 11.2. The molecule has 0 spiro atoms. The average Bonchev–Trinajstić information content (AvgIpc) is 3.12. The van der Waals surface area contributed by atoms with Gasteiger partial charge in [0.25, 0.3) is 0 Å². The van der Waals surface area contributed by atoms with Crippen LogP contribution in [0.25, 0.3) is 0 Å². The minimum Gasteiger partial charge on any atom is -0.395 e. The molecule has 1 unspecified atom stereocenters. The Morgan fingerprint density at radius 2 is 0.740 bits per heavy atom. The van der Waals surface area contributed by atoms with Gasteiger partial charge in [-0.25, -0.2) is 0 Å². The Hall–Kier alpha value is 0.620. The van der Waals surface area contributed by atoms with Crippen molar-refractivity contribution >= 4 is 21.6 Å². The SMILES string of the molecule is CCCCCCCCCSSCCCCCCCN(CCO)CCCCCCCC(C)CCC(CCCCCCCC)CCCCCCCC. The Labute approximate surface area is 325 Å². The van der Waals surface area contributed by atoms with Gasteiger partial charge in [0.1, 0.15) is 0 Å². The highest BCUT2D eigenvalue weighted by Crippen LogP contribution is 2.27. The topological polar surface area (TPSA) is 23.5 Å². The summed E-state index contributed by atoms with van der Waals surface area (Å²) in [5.74, 6) is 4.58. The van der Waals surface area contributed by atoms with E-state index in [4.69, 9.17) is 0 Å². The van der Waals surface area contributed by atoms with Gasteiger partial charge in [-0.2, -0.15) is 0 Å². The Kier molecular flexibility index (Phi) is 44.6. The second-order valence-corrected chi connectivity index (χ2v) is 19.0. The molecule has 0 aliphatic heterocycles. The van der Waals surface area contributed by atoms with E-state index >= 15 is 0 Å². The zero-order chi connectivity index (χ0) is 36.4. The normalized spacial score (nSPS) is 12.5. The van der Waals surface area contributed by atoms with Gasteiger partial charge in [-0.15, -0.1) is 0 Å². The molecule has 302 valence electrons. The highest BCUT2D eigenvalue weighted by atomic mass is 33.1. The fourth-order valence-corrected chi connectivity index (χ4v) is 9.92. The van der Waals surface area contributed by atoms with E-state index in [1.54, 1.807) is 0 Å². The molecule has 50 heavy (non-hydrogen) atoms. The van der Waals surface area contributed by atoms with Crippen LogP contribution in [0.15, 0.2) is 0 Å². The van der Waals surface area contributed by atoms with Gasteiger partial charge in [-0.1, -0.05) is 242 Å². The maximum Gasteiger partial charge on any atom is 0.0558 e. The molecule has 0 amide bonds. The van der Waals surface area contributed by atoms with Gasteiger partial charge < -0.3 is 10.0 Å². The van der Waals surface area contributed by atoms with Crippen molar-refractivity contribution in [3.63, 3.8) is 0 Å². The Morgan fingerprint density at radius 3 is 1.16 bits per heavy atom. The van der Waals surface area contributed by atoms with Crippen LogP contribution in [0.3, 0.4) is 0 Å². The Balaban J connectivity index is 3.84. The number of unbranched alkanes of at least 4 members (excludes halogenated alkanes) is 24. The molecule has 0 rings (SSSR count). The van der Waals surface area contributed by atoms with E-state index in [0.717, 1.165) is 18.4 Å². The molecule has 0 bridgehead atoms. The molecule has 0 fully saturated rings. The van der Waals surface area contributed by atoms with Gasteiger partial charge in [0.05, 0.1) is 6.61 Å². The lowest BCUT2D eigenvalue weighted by molar-refractivity contribution is 0.190. The monoisotopic (exact) mass is 742 g/mol. The molecule has 0 heterocycles. The second-order valence-electron chi connectivity index (χ2n) is 16.3. The van der Waals surface area contributed by atoms with E-state index in [1.165, 1.54) is 243 Å². The molecule has 4 heteroatoms. The zero-order valence-electron chi connectivity index (χ0n) is 35.1. The first-order valence-corrected chi connectivity index (χ1v) is 25.7. The minimum atomic E-state index is 0.310. The zero-order valence-corrected chi connectivity index (χ0v) is 36.8. The lowest BCUT2D eigenvalue weighted by Gasteiger charge is -2.21. The fourth-order valence-electron chi connectivity index (χ4n) is 7.62. The lowest BCUT2D eigenvalue weighted by Crippen LogP contribution is -2.29. The summed E-state index contributed by atoms with van der Waals surface area (Å²) in [5, 5.41) is 9.59. The molecule has 0 saturated carbocycles. The van der Waals surface area contributed by atoms with E-state index in [1.807, 2.05) is 0 Å². The fraction of sp³-hybridized carbons (Fsp3) is 1.00. The Bertz CT molecular complexity index is 589. The summed E-state index contributed by atoms with van der Waals surface area (Å²) < 4.78 is 0. The van der Waals surface area contributed by atoms with Gasteiger partial charge in [-0.05, 0) is 50.6 Å². The average molecular weight is 742 g/mol. The number of hydrogen-bond donors (Lipinski definition) is 1. The van der Waals surface area contributed by atoms with Crippen LogP contribution in [0.5, 0.6) is 0 Å². The van der Waals surface area contributed by atoms with Gasteiger partial charge in [0.15, 0.2) is 0 Å². The van der Waals surface area contributed by atoms with Crippen molar-refractivity contribution in [3.05, 3.63) is 0 Å². The molecule has 0 aromatic rings. The van der Waals surface area contributed by atoms with Crippen molar-refractivity contribution in [2.45, 2.75) is 246 Å². The van der Waals surface area contributed by atoms with Crippen LogP contribution in [-0.2, 0) is 0 Å². The quantitative estimate of drug-likeness (QED) is 0.0496. The predicted octanol–water partition coefficient (Wildman–Crippen LogP) is 16.2. The second kappa shape index (κ2) is 44.0. The maximum atomic E-state index is 9.59. The number of nitrogens with zero attached hydrogens (tertiary/aromatic N) is 1. The van der Waals surface area contributed by atoms with E-state index < -0.39 is 0 Å². The summed E-state index contributed by atoms with van der Waals surface area (Å²) in [6.45, 7) is 13.0. The summed E-state index contributed by atoms with van der Waals surface area (Å²) in [5.41, 5.74) is 0. The first-order chi connectivity index (χ1) is 24.7. The van der Waals surface area contributed by atoms with Crippen molar-refractivity contribution in [1.29, 1.82) is 0 Å². The smallest absolute Gasteiger partial charge is 0.0558 e. The number of aliphatic hydroxyl groups excluding tert-OH is 1. The number of rotatable bonds is 44. The molecule has 0 aliphatic rings. The summed E-state index contributed by atoms with van der Waals surface area (Å²) in [4.78, 5) is 2.53. The van der Waals surface area contributed by atoms with Crippen LogP contribution >= 0.6 is 21.6 Å². The molecule has 2 nitrogen and oxygen atoms in total. The molecule has 0 radical (unpaired) electrons. The summed E-state index contributed by atoms with van der Waals surface area (Å²) in [6, 6.07) is 0. The molecule has 0 aromatic carbocycles. The summed E-state index contributed by atoms with van der Waals surface area (Å²) >= 11 is 0. The molecule has 0 saturated heterocycles. The van der Waals surface area contributed by atoms with Gasteiger partial charge >= 0.3 is 0 Å². The van der Waals surface area contributed by atoms with Crippen LogP contribution in [0, 0.1) is 11.8 Å². The van der Waals surface area contributed by atoms with Crippen LogP contribution < -0.4 is 0 Å². The summed E-state index contributed by atoms with van der Waals surface area (Å²) in [6.07, 6.45) is 48.4. The first kappa shape index (κ1) is 50.6. The van der Waals surface area contributed by atoms with E-state index in [-0.39, 0.29) is 0 Å². The molecule has 0 aromatic heterocycles. The minimum absolute atomic E-state index is 0.310. The lowest BCUT2D eigenvalue weighted by atomic mass is 9.86. The predicted molar refractivity (Wildman–Crippen MR) is 235 cm³/mol. The molecule has 1 N–H and O–H groups in total.